The van der Waals surface area contributed by atoms with Crippen molar-refractivity contribution in [1.82, 2.24) is 5.43 Å². The molecule has 0 saturated carbocycles. The van der Waals surface area contributed by atoms with E-state index in [1.54, 1.807) is 30.3 Å². The van der Waals surface area contributed by atoms with Crippen LogP contribution >= 0.6 is 23.2 Å². The van der Waals surface area contributed by atoms with E-state index >= 15 is 0 Å². The molecular weight excluding hydrogens is 531 g/mol. The summed E-state index contributed by atoms with van der Waals surface area (Å²) in [5.41, 5.74) is 5.66. The number of carbonyl (C=O) groups is 3. The number of ether oxygens (including phenoxy) is 2. The fourth-order valence-corrected chi connectivity index (χ4v) is 3.62. The van der Waals surface area contributed by atoms with Gasteiger partial charge in [0.05, 0.1) is 28.6 Å². The van der Waals surface area contributed by atoms with E-state index in [9.17, 15) is 14.4 Å². The van der Waals surface area contributed by atoms with Crippen molar-refractivity contribution in [3.8, 4) is 11.5 Å². The van der Waals surface area contributed by atoms with Crippen molar-refractivity contribution >= 4 is 58.5 Å². The van der Waals surface area contributed by atoms with Crippen molar-refractivity contribution in [3.63, 3.8) is 0 Å². The summed E-state index contributed by atoms with van der Waals surface area (Å²) in [6.07, 6.45) is 1.33. The van der Waals surface area contributed by atoms with Crippen molar-refractivity contribution in [3.05, 3.63) is 81.3 Å². The molecule has 0 spiro atoms. The molecule has 0 heterocycles. The molecule has 0 aliphatic rings. The second kappa shape index (κ2) is 13.5. The third-order valence-electron chi connectivity index (χ3n) is 5.07. The summed E-state index contributed by atoms with van der Waals surface area (Å²) in [5, 5.41) is 9.35. The summed E-state index contributed by atoms with van der Waals surface area (Å²) < 4.78 is 11.3. The highest BCUT2D eigenvalue weighted by atomic mass is 35.5. The van der Waals surface area contributed by atoms with E-state index in [1.165, 1.54) is 12.3 Å². The van der Waals surface area contributed by atoms with Crippen LogP contribution in [0.4, 0.5) is 11.4 Å². The first-order chi connectivity index (χ1) is 18.2. The van der Waals surface area contributed by atoms with Crippen molar-refractivity contribution in [2.24, 2.45) is 5.10 Å². The number of nitrogens with one attached hydrogen (secondary N) is 3. The number of amides is 3. The Morgan fingerprint density at radius 1 is 0.895 bits per heavy atom. The maximum Gasteiger partial charge on any atom is 0.329 e. The van der Waals surface area contributed by atoms with Gasteiger partial charge in [0.2, 0.25) is 0 Å². The Hall–Kier alpha value is -4.08. The number of benzene rings is 3. The van der Waals surface area contributed by atoms with E-state index in [0.717, 1.165) is 11.1 Å². The van der Waals surface area contributed by atoms with Crippen LogP contribution in [0, 0.1) is 13.8 Å². The molecule has 3 aromatic carbocycles. The van der Waals surface area contributed by atoms with Crippen molar-refractivity contribution in [2.75, 3.05) is 23.8 Å². The molecule has 0 bridgehead atoms. The Balaban J connectivity index is 1.58. The SMILES string of the molecule is CCOc1cc(/C=N\NC(=O)C(=O)Nc2cccc(Cl)c2Cl)ccc1OCC(=O)Nc1ccc(C)cc1C. The molecule has 38 heavy (non-hydrogen) atoms. The highest BCUT2D eigenvalue weighted by Gasteiger charge is 2.15. The van der Waals surface area contributed by atoms with Crippen LogP contribution in [0.15, 0.2) is 59.7 Å². The van der Waals surface area contributed by atoms with Crippen LogP contribution in [-0.2, 0) is 14.4 Å². The highest BCUT2D eigenvalue weighted by Crippen LogP contribution is 2.30. The van der Waals surface area contributed by atoms with Gasteiger partial charge >= 0.3 is 11.8 Å². The molecule has 198 valence electrons. The summed E-state index contributed by atoms with van der Waals surface area (Å²) in [6.45, 7) is 5.84. The molecule has 3 amide bonds. The van der Waals surface area contributed by atoms with Gasteiger partial charge in [0.25, 0.3) is 5.91 Å². The Kier molecular flexibility index (Phi) is 10.1. The largest absolute Gasteiger partial charge is 0.490 e. The second-order valence-electron chi connectivity index (χ2n) is 8.05. The molecule has 9 nitrogen and oxygen atoms in total. The fraction of sp³-hybridized carbons (Fsp3) is 0.185. The molecule has 0 aliphatic carbocycles. The van der Waals surface area contributed by atoms with Crippen LogP contribution in [0.2, 0.25) is 10.0 Å². The molecule has 11 heteroatoms. The van der Waals surface area contributed by atoms with Crippen LogP contribution < -0.4 is 25.5 Å². The van der Waals surface area contributed by atoms with Gasteiger partial charge in [-0.1, -0.05) is 47.0 Å². The number of anilines is 2. The summed E-state index contributed by atoms with van der Waals surface area (Å²) in [4.78, 5) is 36.6. The van der Waals surface area contributed by atoms with Crippen molar-refractivity contribution in [2.45, 2.75) is 20.8 Å². The predicted molar refractivity (Wildman–Crippen MR) is 148 cm³/mol. The molecule has 0 radical (unpaired) electrons. The average Bonchev–Trinajstić information content (AvgIpc) is 2.88. The van der Waals surface area contributed by atoms with Crippen LogP contribution in [0.25, 0.3) is 0 Å². The van der Waals surface area contributed by atoms with Crippen LogP contribution in [0.3, 0.4) is 0 Å². The maximum atomic E-state index is 12.4. The minimum atomic E-state index is -1.00. The Morgan fingerprint density at radius 2 is 1.68 bits per heavy atom. The molecule has 0 aromatic heterocycles. The van der Waals surface area contributed by atoms with Gasteiger partial charge in [-0.3, -0.25) is 14.4 Å². The standard InChI is InChI=1S/C27H26Cl2N4O5/c1-4-37-23-13-18(14-30-33-27(36)26(35)32-21-7-5-6-19(28)25(21)29)9-11-22(23)38-15-24(34)31-20-10-8-16(2)12-17(20)3/h5-14H,4,15H2,1-3H3,(H,31,34)(H,32,35)(H,33,36)/b30-14-. The van der Waals surface area contributed by atoms with Gasteiger partial charge in [-0.2, -0.15) is 5.10 Å². The maximum absolute atomic E-state index is 12.4. The third-order valence-corrected chi connectivity index (χ3v) is 5.89. The van der Waals surface area contributed by atoms with E-state index in [1.807, 2.05) is 39.0 Å². The first-order valence-electron chi connectivity index (χ1n) is 11.5. The molecule has 0 fully saturated rings. The van der Waals surface area contributed by atoms with Gasteiger partial charge in [-0.15, -0.1) is 0 Å². The number of hydrazone groups is 1. The van der Waals surface area contributed by atoms with Crippen LogP contribution in [-0.4, -0.2) is 37.1 Å². The van der Waals surface area contributed by atoms with E-state index in [2.05, 4.69) is 21.2 Å². The molecular formula is C27H26Cl2N4O5. The lowest BCUT2D eigenvalue weighted by molar-refractivity contribution is -0.136. The zero-order chi connectivity index (χ0) is 27.7. The number of hydrogen-bond donors (Lipinski definition) is 3. The molecule has 3 rings (SSSR count). The van der Waals surface area contributed by atoms with E-state index in [0.29, 0.717) is 29.4 Å². The van der Waals surface area contributed by atoms with E-state index in [-0.39, 0.29) is 28.2 Å². The van der Waals surface area contributed by atoms with Crippen LogP contribution in [0.1, 0.15) is 23.6 Å². The first-order valence-corrected chi connectivity index (χ1v) is 12.3. The Morgan fingerprint density at radius 3 is 2.42 bits per heavy atom. The number of rotatable bonds is 9. The molecule has 3 N–H and O–H groups in total. The number of carbonyl (C=O) groups excluding carboxylic acids is 3. The smallest absolute Gasteiger partial charge is 0.329 e. The zero-order valence-electron chi connectivity index (χ0n) is 20.9. The number of halogens is 2. The van der Waals surface area contributed by atoms with Gasteiger partial charge in [-0.05, 0) is 68.3 Å². The summed E-state index contributed by atoms with van der Waals surface area (Å²) in [7, 11) is 0. The normalized spacial score (nSPS) is 10.7. The van der Waals surface area contributed by atoms with Gasteiger partial charge in [0.15, 0.2) is 18.1 Å². The Labute approximate surface area is 230 Å². The van der Waals surface area contributed by atoms with E-state index < -0.39 is 11.8 Å². The van der Waals surface area contributed by atoms with Crippen LogP contribution in [0.5, 0.6) is 11.5 Å². The van der Waals surface area contributed by atoms with Crippen molar-refractivity contribution < 1.29 is 23.9 Å². The van der Waals surface area contributed by atoms with Crippen molar-refractivity contribution in [1.29, 1.82) is 0 Å². The molecule has 3 aromatic rings. The minimum Gasteiger partial charge on any atom is -0.490 e. The second-order valence-corrected chi connectivity index (χ2v) is 8.83. The molecule has 0 unspecified atom stereocenters. The molecule has 0 aliphatic heterocycles. The summed E-state index contributed by atoms with van der Waals surface area (Å²) >= 11 is 11.9. The first kappa shape index (κ1) is 28.5. The van der Waals surface area contributed by atoms with E-state index in [4.69, 9.17) is 32.7 Å². The number of aryl methyl sites for hydroxylation is 2. The quantitative estimate of drug-likeness (QED) is 0.192. The summed E-state index contributed by atoms with van der Waals surface area (Å²) in [6, 6.07) is 15.3. The number of hydrogen-bond acceptors (Lipinski definition) is 6. The third kappa shape index (κ3) is 7.96. The fourth-order valence-electron chi connectivity index (χ4n) is 3.27. The number of nitrogens with zero attached hydrogens (tertiary/aromatic N) is 1. The van der Waals surface area contributed by atoms with Gasteiger partial charge in [0, 0.05) is 5.69 Å². The average molecular weight is 557 g/mol. The zero-order valence-corrected chi connectivity index (χ0v) is 22.4. The Bertz CT molecular complexity index is 1380. The monoisotopic (exact) mass is 556 g/mol. The lowest BCUT2D eigenvalue weighted by atomic mass is 10.1. The molecule has 0 atom stereocenters. The minimum absolute atomic E-state index is 0.118. The van der Waals surface area contributed by atoms with Gasteiger partial charge in [-0.25, -0.2) is 5.43 Å². The predicted octanol–water partition coefficient (Wildman–Crippen LogP) is 5.12. The van der Waals surface area contributed by atoms with Gasteiger partial charge < -0.3 is 20.1 Å². The highest BCUT2D eigenvalue weighted by molar-refractivity contribution is 6.45. The summed E-state index contributed by atoms with van der Waals surface area (Å²) in [5.74, 6) is -1.54. The van der Waals surface area contributed by atoms with Gasteiger partial charge in [0.1, 0.15) is 0 Å². The molecule has 0 saturated heterocycles. The topological polar surface area (TPSA) is 118 Å². The lowest BCUT2D eigenvalue weighted by Gasteiger charge is -2.13. The lowest BCUT2D eigenvalue weighted by Crippen LogP contribution is -2.32.